The molecule has 2 aromatic rings. The van der Waals surface area contributed by atoms with Crippen LogP contribution in [-0.4, -0.2) is 35.5 Å². The molecule has 1 fully saturated rings. The van der Waals surface area contributed by atoms with Crippen LogP contribution in [0.1, 0.15) is 12.7 Å². The summed E-state index contributed by atoms with van der Waals surface area (Å²) in [7, 11) is 0. The van der Waals surface area contributed by atoms with Crippen LogP contribution >= 0.6 is 11.8 Å². The number of urea groups is 1. The Balaban J connectivity index is 1.68. The average molecular weight is 359 g/mol. The van der Waals surface area contributed by atoms with Crippen LogP contribution in [-0.2, 0) is 15.1 Å². The molecule has 2 N–H and O–H groups in total. The predicted octanol–water partition coefficient (Wildman–Crippen LogP) is 2.41. The second kappa shape index (κ2) is 6.64. The summed E-state index contributed by atoms with van der Waals surface area (Å²) in [5.74, 6) is -0.661. The number of nitrogens with zero attached hydrogens (tertiary/aromatic N) is 1. The van der Waals surface area contributed by atoms with E-state index in [0.717, 1.165) is 9.80 Å². The van der Waals surface area contributed by atoms with Crippen LogP contribution in [0, 0.1) is 0 Å². The third-order valence-corrected chi connectivity index (χ3v) is 4.71. The molecule has 25 heavy (non-hydrogen) atoms. The number of amides is 4. The molecular weight excluding hydrogens is 342 g/mol. The summed E-state index contributed by atoms with van der Waals surface area (Å²) in [4.78, 5) is 38.9. The van der Waals surface area contributed by atoms with E-state index in [1.807, 2.05) is 18.4 Å². The van der Waals surface area contributed by atoms with Crippen molar-refractivity contribution in [3.63, 3.8) is 0 Å². The van der Waals surface area contributed by atoms with Gasteiger partial charge >= 0.3 is 6.03 Å². The fourth-order valence-corrected chi connectivity index (χ4v) is 3.00. The molecule has 0 aliphatic carbocycles. The van der Waals surface area contributed by atoms with Crippen LogP contribution in [0.5, 0.6) is 0 Å². The van der Waals surface area contributed by atoms with Gasteiger partial charge in [0.25, 0.3) is 5.91 Å². The summed E-state index contributed by atoms with van der Waals surface area (Å²) in [6.45, 7) is 1.18. The van der Waals surface area contributed by atoms with Crippen LogP contribution < -0.4 is 10.6 Å². The van der Waals surface area contributed by atoms with Crippen molar-refractivity contribution in [2.75, 3.05) is 18.1 Å². The van der Waals surface area contributed by atoms with Crippen molar-refractivity contribution in [2.24, 2.45) is 0 Å². The number of furan rings is 1. The Bertz CT molecular complexity index is 804. The number of anilines is 1. The lowest BCUT2D eigenvalue weighted by atomic mass is 9.99. The second-order valence-corrected chi connectivity index (χ2v) is 6.58. The Morgan fingerprint density at radius 3 is 2.60 bits per heavy atom. The molecule has 1 aromatic heterocycles. The van der Waals surface area contributed by atoms with Gasteiger partial charge in [-0.1, -0.05) is 0 Å². The first kappa shape index (κ1) is 17.1. The Morgan fingerprint density at radius 2 is 2.00 bits per heavy atom. The molecule has 7 nitrogen and oxygen atoms in total. The van der Waals surface area contributed by atoms with Gasteiger partial charge in [-0.25, -0.2) is 4.79 Å². The van der Waals surface area contributed by atoms with Gasteiger partial charge in [-0.15, -0.1) is 11.8 Å². The van der Waals surface area contributed by atoms with Gasteiger partial charge in [0, 0.05) is 10.6 Å². The van der Waals surface area contributed by atoms with E-state index in [1.165, 1.54) is 6.26 Å². The Hall–Kier alpha value is -2.74. The Labute approximate surface area is 148 Å². The lowest BCUT2D eigenvalue weighted by Crippen LogP contribution is -2.41. The summed E-state index contributed by atoms with van der Waals surface area (Å²) in [5.41, 5.74) is -0.704. The summed E-state index contributed by atoms with van der Waals surface area (Å²) >= 11 is 1.59. The predicted molar refractivity (Wildman–Crippen MR) is 93.2 cm³/mol. The van der Waals surface area contributed by atoms with Gasteiger partial charge in [0.1, 0.15) is 12.3 Å². The van der Waals surface area contributed by atoms with Crippen LogP contribution in [0.25, 0.3) is 0 Å². The van der Waals surface area contributed by atoms with Gasteiger partial charge in [-0.05, 0) is 49.6 Å². The molecule has 1 aliphatic rings. The summed E-state index contributed by atoms with van der Waals surface area (Å²) < 4.78 is 5.25. The molecule has 1 aromatic carbocycles. The minimum Gasteiger partial charge on any atom is -0.466 e. The SMILES string of the molecule is CSc1ccc(NC(=O)CN2C(=O)NC(C)(c3ccco3)C2=O)cc1. The van der Waals surface area contributed by atoms with E-state index < -0.39 is 23.4 Å². The zero-order valence-corrected chi connectivity index (χ0v) is 14.6. The number of carbonyl (C=O) groups excluding carboxylic acids is 3. The molecule has 1 aliphatic heterocycles. The zero-order chi connectivity index (χ0) is 18.0. The van der Waals surface area contributed by atoms with E-state index in [2.05, 4.69) is 10.6 Å². The number of nitrogens with one attached hydrogen (secondary N) is 2. The lowest BCUT2D eigenvalue weighted by Gasteiger charge is -2.18. The molecule has 4 amide bonds. The maximum atomic E-state index is 12.6. The molecule has 130 valence electrons. The second-order valence-electron chi connectivity index (χ2n) is 5.70. The normalized spacial score (nSPS) is 19.8. The maximum Gasteiger partial charge on any atom is 0.325 e. The van der Waals surface area contributed by atoms with Crippen LogP contribution in [0.4, 0.5) is 10.5 Å². The number of benzene rings is 1. The van der Waals surface area contributed by atoms with E-state index in [4.69, 9.17) is 4.42 Å². The van der Waals surface area contributed by atoms with Crippen molar-refractivity contribution in [3.05, 3.63) is 48.4 Å². The number of thioether (sulfide) groups is 1. The van der Waals surface area contributed by atoms with E-state index in [1.54, 1.807) is 43.0 Å². The number of hydrogen-bond donors (Lipinski definition) is 2. The van der Waals surface area contributed by atoms with E-state index in [-0.39, 0.29) is 6.54 Å². The molecule has 1 unspecified atom stereocenters. The van der Waals surface area contributed by atoms with Gasteiger partial charge in [0.2, 0.25) is 5.91 Å². The fraction of sp³-hybridized carbons (Fsp3) is 0.235. The molecule has 0 radical (unpaired) electrons. The molecule has 2 heterocycles. The smallest absolute Gasteiger partial charge is 0.325 e. The highest BCUT2D eigenvalue weighted by Gasteiger charge is 2.51. The quantitative estimate of drug-likeness (QED) is 0.632. The van der Waals surface area contributed by atoms with E-state index >= 15 is 0 Å². The standard InChI is InChI=1S/C17H17N3O4S/c1-17(13-4-3-9-24-13)15(22)20(16(23)19-17)10-14(21)18-11-5-7-12(25-2)8-6-11/h3-9H,10H2,1-2H3,(H,18,21)(H,19,23). The summed E-state index contributed by atoms with van der Waals surface area (Å²) in [5, 5.41) is 5.26. The van der Waals surface area contributed by atoms with Gasteiger partial charge in [-0.2, -0.15) is 0 Å². The molecule has 1 atom stereocenters. The largest absolute Gasteiger partial charge is 0.466 e. The van der Waals surface area contributed by atoms with Gasteiger partial charge in [0.05, 0.1) is 6.26 Å². The first-order valence-corrected chi connectivity index (χ1v) is 8.78. The number of imide groups is 1. The van der Waals surface area contributed by atoms with Gasteiger partial charge in [0.15, 0.2) is 5.54 Å². The molecule has 8 heteroatoms. The fourth-order valence-electron chi connectivity index (χ4n) is 2.59. The zero-order valence-electron chi connectivity index (χ0n) is 13.7. The van der Waals surface area contributed by atoms with E-state index in [0.29, 0.717) is 11.4 Å². The minimum atomic E-state index is -1.30. The number of rotatable bonds is 5. The molecule has 0 bridgehead atoms. The van der Waals surface area contributed by atoms with Gasteiger partial charge in [-0.3, -0.25) is 14.5 Å². The average Bonchev–Trinajstić information content (AvgIpc) is 3.20. The van der Waals surface area contributed by atoms with E-state index in [9.17, 15) is 14.4 Å². The summed E-state index contributed by atoms with van der Waals surface area (Å²) in [6, 6.07) is 9.90. The Morgan fingerprint density at radius 1 is 1.28 bits per heavy atom. The minimum absolute atomic E-state index is 0.321. The first-order chi connectivity index (χ1) is 11.9. The highest BCUT2D eigenvalue weighted by atomic mass is 32.2. The van der Waals surface area contributed by atoms with Crippen LogP contribution in [0.15, 0.2) is 52.0 Å². The maximum absolute atomic E-state index is 12.6. The topological polar surface area (TPSA) is 91.7 Å². The molecule has 0 saturated carbocycles. The molecule has 3 rings (SSSR count). The van der Waals surface area contributed by atoms with Crippen molar-refractivity contribution in [1.82, 2.24) is 10.2 Å². The third kappa shape index (κ3) is 3.25. The molecule has 0 spiro atoms. The summed E-state index contributed by atoms with van der Waals surface area (Å²) in [6.07, 6.45) is 3.38. The number of carbonyl (C=O) groups is 3. The van der Waals surface area contributed by atoms with Crippen molar-refractivity contribution < 1.29 is 18.8 Å². The Kier molecular flexibility index (Phi) is 4.54. The third-order valence-electron chi connectivity index (χ3n) is 3.96. The monoisotopic (exact) mass is 359 g/mol. The number of hydrogen-bond acceptors (Lipinski definition) is 5. The van der Waals surface area contributed by atoms with Gasteiger partial charge < -0.3 is 15.1 Å². The van der Waals surface area contributed by atoms with Crippen molar-refractivity contribution in [2.45, 2.75) is 17.4 Å². The van der Waals surface area contributed by atoms with Crippen molar-refractivity contribution in [3.8, 4) is 0 Å². The van der Waals surface area contributed by atoms with Crippen molar-refractivity contribution >= 4 is 35.3 Å². The molecular formula is C17H17N3O4S. The lowest BCUT2D eigenvalue weighted by molar-refractivity contribution is -0.134. The molecule has 1 saturated heterocycles. The van der Waals surface area contributed by atoms with Crippen LogP contribution in [0.3, 0.4) is 0 Å². The highest BCUT2D eigenvalue weighted by Crippen LogP contribution is 2.29. The van der Waals surface area contributed by atoms with Crippen LogP contribution in [0.2, 0.25) is 0 Å². The first-order valence-electron chi connectivity index (χ1n) is 7.56. The highest BCUT2D eigenvalue weighted by molar-refractivity contribution is 7.98. The van der Waals surface area contributed by atoms with Crippen molar-refractivity contribution in [1.29, 1.82) is 0 Å².